The van der Waals surface area contributed by atoms with Crippen LogP contribution in [0.5, 0.6) is 0 Å². The van der Waals surface area contributed by atoms with Crippen LogP contribution in [0.3, 0.4) is 0 Å². The quantitative estimate of drug-likeness (QED) is 0.807. The van der Waals surface area contributed by atoms with Gasteiger partial charge in [0, 0.05) is 13.1 Å². The van der Waals surface area contributed by atoms with Gasteiger partial charge in [0.15, 0.2) is 6.10 Å². The predicted molar refractivity (Wildman–Crippen MR) is 50.2 cm³/mol. The summed E-state index contributed by atoms with van der Waals surface area (Å²) in [7, 11) is 0. The highest BCUT2D eigenvalue weighted by Crippen LogP contribution is 2.19. The van der Waals surface area contributed by atoms with Crippen LogP contribution in [0.4, 0.5) is 13.2 Å². The summed E-state index contributed by atoms with van der Waals surface area (Å²) in [6, 6.07) is 9.03. The van der Waals surface area contributed by atoms with Crippen LogP contribution in [0.2, 0.25) is 0 Å². The van der Waals surface area contributed by atoms with Crippen LogP contribution in [0.1, 0.15) is 5.56 Å². The fourth-order valence-corrected chi connectivity index (χ4v) is 1.06. The molecule has 0 saturated carbocycles. The highest BCUT2D eigenvalue weighted by atomic mass is 19.4. The SMILES string of the molecule is OC(CNCc1ccccc1)C(F)(F)F. The summed E-state index contributed by atoms with van der Waals surface area (Å²) >= 11 is 0. The Balaban J connectivity index is 2.28. The van der Waals surface area contributed by atoms with Crippen LogP contribution in [0.15, 0.2) is 30.3 Å². The number of rotatable bonds is 4. The van der Waals surface area contributed by atoms with E-state index in [0.717, 1.165) is 5.56 Å². The summed E-state index contributed by atoms with van der Waals surface area (Å²) in [6.07, 6.45) is -6.86. The van der Waals surface area contributed by atoms with Crippen molar-refractivity contribution < 1.29 is 18.3 Å². The van der Waals surface area contributed by atoms with E-state index in [1.165, 1.54) is 0 Å². The van der Waals surface area contributed by atoms with Gasteiger partial charge in [-0.1, -0.05) is 30.3 Å². The second-order valence-electron chi connectivity index (χ2n) is 3.17. The molecule has 1 aromatic carbocycles. The molecule has 0 fully saturated rings. The van der Waals surface area contributed by atoms with E-state index in [-0.39, 0.29) is 0 Å². The van der Waals surface area contributed by atoms with Gasteiger partial charge in [0.05, 0.1) is 0 Å². The number of halogens is 3. The first kappa shape index (κ1) is 12.0. The third-order valence-electron chi connectivity index (χ3n) is 1.89. The minimum absolute atomic E-state index is 0.313. The Kier molecular flexibility index (Phi) is 4.11. The van der Waals surface area contributed by atoms with Gasteiger partial charge in [0.25, 0.3) is 0 Å². The topological polar surface area (TPSA) is 32.3 Å². The Bertz CT molecular complexity index is 286. The highest BCUT2D eigenvalue weighted by molar-refractivity contribution is 5.14. The molecule has 0 bridgehead atoms. The molecule has 1 atom stereocenters. The molecule has 0 aliphatic carbocycles. The third kappa shape index (κ3) is 4.31. The van der Waals surface area contributed by atoms with E-state index < -0.39 is 18.8 Å². The van der Waals surface area contributed by atoms with Crippen LogP contribution in [-0.4, -0.2) is 23.9 Å². The van der Waals surface area contributed by atoms with E-state index in [4.69, 9.17) is 5.11 Å². The lowest BCUT2D eigenvalue weighted by Crippen LogP contribution is -2.38. The van der Waals surface area contributed by atoms with E-state index in [2.05, 4.69) is 5.32 Å². The van der Waals surface area contributed by atoms with Crippen LogP contribution in [-0.2, 0) is 6.54 Å². The van der Waals surface area contributed by atoms with Crippen molar-refractivity contribution in [2.24, 2.45) is 0 Å². The molecule has 84 valence electrons. The molecule has 1 unspecified atom stereocenters. The first-order chi connectivity index (χ1) is 7.00. The lowest BCUT2D eigenvalue weighted by atomic mass is 10.2. The maximum Gasteiger partial charge on any atom is 0.415 e. The fourth-order valence-electron chi connectivity index (χ4n) is 1.06. The van der Waals surface area contributed by atoms with Crippen molar-refractivity contribution >= 4 is 0 Å². The van der Waals surface area contributed by atoms with Crippen molar-refractivity contribution in [2.45, 2.75) is 18.8 Å². The summed E-state index contributed by atoms with van der Waals surface area (Å²) in [5, 5.41) is 11.2. The van der Waals surface area contributed by atoms with Gasteiger partial charge in [-0.2, -0.15) is 13.2 Å². The zero-order chi connectivity index (χ0) is 11.3. The predicted octanol–water partition coefficient (Wildman–Crippen LogP) is 1.70. The lowest BCUT2D eigenvalue weighted by Gasteiger charge is -2.14. The summed E-state index contributed by atoms with van der Waals surface area (Å²) in [6.45, 7) is -0.174. The normalized spacial score (nSPS) is 13.9. The molecular formula is C10H12F3NO. The van der Waals surface area contributed by atoms with Gasteiger partial charge in [-0.15, -0.1) is 0 Å². The minimum Gasteiger partial charge on any atom is -0.382 e. The van der Waals surface area contributed by atoms with Crippen LogP contribution < -0.4 is 5.32 Å². The Morgan fingerprint density at radius 1 is 1.20 bits per heavy atom. The molecule has 15 heavy (non-hydrogen) atoms. The van der Waals surface area contributed by atoms with Crippen molar-refractivity contribution in [3.8, 4) is 0 Å². The molecule has 0 aromatic heterocycles. The molecule has 1 aromatic rings. The summed E-state index contributed by atoms with van der Waals surface area (Å²) in [5.74, 6) is 0. The number of aliphatic hydroxyl groups is 1. The van der Waals surface area contributed by atoms with Gasteiger partial charge in [-0.25, -0.2) is 0 Å². The molecule has 0 amide bonds. The molecule has 0 aliphatic heterocycles. The molecule has 0 saturated heterocycles. The van der Waals surface area contributed by atoms with Crippen LogP contribution in [0, 0.1) is 0 Å². The smallest absolute Gasteiger partial charge is 0.382 e. The van der Waals surface area contributed by atoms with E-state index in [1.807, 2.05) is 6.07 Å². The van der Waals surface area contributed by atoms with Gasteiger partial charge in [-0.3, -0.25) is 0 Å². The van der Waals surface area contributed by atoms with E-state index >= 15 is 0 Å². The monoisotopic (exact) mass is 219 g/mol. The largest absolute Gasteiger partial charge is 0.415 e. The molecular weight excluding hydrogens is 207 g/mol. The number of aliphatic hydroxyl groups excluding tert-OH is 1. The van der Waals surface area contributed by atoms with Crippen molar-refractivity contribution in [3.63, 3.8) is 0 Å². The van der Waals surface area contributed by atoms with Crippen molar-refractivity contribution in [1.29, 1.82) is 0 Å². The summed E-state index contributed by atoms with van der Waals surface area (Å²) in [5.41, 5.74) is 0.881. The van der Waals surface area contributed by atoms with E-state index in [0.29, 0.717) is 6.54 Å². The summed E-state index contributed by atoms with van der Waals surface area (Å²) < 4.78 is 35.7. The average molecular weight is 219 g/mol. The number of hydrogen-bond donors (Lipinski definition) is 2. The van der Waals surface area contributed by atoms with Crippen LogP contribution in [0.25, 0.3) is 0 Å². The number of benzene rings is 1. The number of hydrogen-bond acceptors (Lipinski definition) is 2. The third-order valence-corrected chi connectivity index (χ3v) is 1.89. The molecule has 0 spiro atoms. The molecule has 1 rings (SSSR count). The molecule has 2 nitrogen and oxygen atoms in total. The Labute approximate surface area is 85.7 Å². The van der Waals surface area contributed by atoms with Gasteiger partial charge >= 0.3 is 6.18 Å². The standard InChI is InChI=1S/C10H12F3NO/c11-10(12,13)9(15)7-14-6-8-4-2-1-3-5-8/h1-5,9,14-15H,6-7H2. The molecule has 0 aliphatic rings. The van der Waals surface area contributed by atoms with Gasteiger partial charge in [0.1, 0.15) is 0 Å². The molecule has 2 N–H and O–H groups in total. The van der Waals surface area contributed by atoms with Crippen molar-refractivity contribution in [3.05, 3.63) is 35.9 Å². The lowest BCUT2D eigenvalue weighted by molar-refractivity contribution is -0.201. The van der Waals surface area contributed by atoms with Crippen LogP contribution >= 0.6 is 0 Å². The zero-order valence-corrected chi connectivity index (χ0v) is 7.96. The highest BCUT2D eigenvalue weighted by Gasteiger charge is 2.37. The fraction of sp³-hybridized carbons (Fsp3) is 0.400. The Morgan fingerprint density at radius 3 is 2.33 bits per heavy atom. The van der Waals surface area contributed by atoms with Gasteiger partial charge in [0.2, 0.25) is 0 Å². The zero-order valence-electron chi connectivity index (χ0n) is 7.96. The van der Waals surface area contributed by atoms with Gasteiger partial charge < -0.3 is 10.4 Å². The molecule has 5 heteroatoms. The molecule has 0 heterocycles. The second-order valence-corrected chi connectivity index (χ2v) is 3.17. The van der Waals surface area contributed by atoms with Gasteiger partial charge in [-0.05, 0) is 5.56 Å². The maximum atomic E-state index is 11.9. The van der Waals surface area contributed by atoms with E-state index in [9.17, 15) is 13.2 Å². The van der Waals surface area contributed by atoms with Crippen molar-refractivity contribution in [2.75, 3.05) is 6.54 Å². The average Bonchev–Trinajstić information content (AvgIpc) is 2.18. The van der Waals surface area contributed by atoms with E-state index in [1.54, 1.807) is 24.3 Å². The Morgan fingerprint density at radius 2 is 1.80 bits per heavy atom. The number of alkyl halides is 3. The number of nitrogens with one attached hydrogen (secondary N) is 1. The summed E-state index contributed by atoms with van der Waals surface area (Å²) in [4.78, 5) is 0. The Hall–Kier alpha value is -1.07. The minimum atomic E-state index is -4.55. The first-order valence-electron chi connectivity index (χ1n) is 4.49. The van der Waals surface area contributed by atoms with Crippen molar-refractivity contribution in [1.82, 2.24) is 5.32 Å². The maximum absolute atomic E-state index is 11.9. The molecule has 0 radical (unpaired) electrons. The first-order valence-corrected chi connectivity index (χ1v) is 4.49. The second kappa shape index (κ2) is 5.14.